The van der Waals surface area contributed by atoms with Crippen molar-refractivity contribution in [1.82, 2.24) is 5.43 Å². The minimum Gasteiger partial charge on any atom is -0.497 e. The van der Waals surface area contributed by atoms with Crippen LogP contribution in [0, 0.1) is 0 Å². The van der Waals surface area contributed by atoms with Crippen molar-refractivity contribution in [3.63, 3.8) is 0 Å². The molecule has 1 heterocycles. The predicted octanol–water partition coefficient (Wildman–Crippen LogP) is 3.96. The van der Waals surface area contributed by atoms with Crippen LogP contribution in [0.1, 0.15) is 25.8 Å². The fourth-order valence-corrected chi connectivity index (χ4v) is 3.05. The number of nitrogens with one attached hydrogen (secondary N) is 2. The van der Waals surface area contributed by atoms with Crippen LogP contribution in [-0.4, -0.2) is 30.6 Å². The molecule has 0 aliphatic carbocycles. The van der Waals surface area contributed by atoms with E-state index in [-0.39, 0.29) is 5.60 Å². The van der Waals surface area contributed by atoms with Gasteiger partial charge >= 0.3 is 0 Å². The summed E-state index contributed by atoms with van der Waals surface area (Å²) in [6, 6.07) is 13.2. The van der Waals surface area contributed by atoms with Crippen LogP contribution in [0.15, 0.2) is 47.6 Å². The summed E-state index contributed by atoms with van der Waals surface area (Å²) >= 11 is 5.38. The van der Waals surface area contributed by atoms with Gasteiger partial charge in [0.2, 0.25) is 0 Å². The number of hydrazone groups is 1. The van der Waals surface area contributed by atoms with E-state index in [9.17, 15) is 0 Å². The number of nitrogens with zero attached hydrogens (tertiary/aromatic N) is 1. The number of methoxy groups -OCH3 is 2. The van der Waals surface area contributed by atoms with Gasteiger partial charge in [0.1, 0.15) is 22.8 Å². The van der Waals surface area contributed by atoms with Crippen molar-refractivity contribution in [1.29, 1.82) is 0 Å². The third kappa shape index (κ3) is 4.49. The van der Waals surface area contributed by atoms with Crippen LogP contribution < -0.4 is 25.0 Å². The van der Waals surface area contributed by atoms with Crippen molar-refractivity contribution in [3.05, 3.63) is 48.0 Å². The van der Waals surface area contributed by atoms with Crippen molar-refractivity contribution < 1.29 is 14.2 Å². The number of anilines is 1. The van der Waals surface area contributed by atoms with Gasteiger partial charge in [-0.05, 0) is 56.4 Å². The number of hydrogen-bond donors (Lipinski definition) is 2. The summed E-state index contributed by atoms with van der Waals surface area (Å²) in [6.07, 6.45) is 0.636. The molecular formula is C20H23N3O3S. The van der Waals surface area contributed by atoms with Gasteiger partial charge in [-0.3, -0.25) is 5.43 Å². The summed E-state index contributed by atoms with van der Waals surface area (Å²) in [6.45, 7) is 4.06. The Kier molecular flexibility index (Phi) is 5.51. The third-order valence-electron chi connectivity index (χ3n) is 4.12. The molecule has 0 spiro atoms. The standard InChI is InChI=1S/C20H23N3O3S/c1-20(2)12-16(14-11-13(24-3)9-10-17(14)26-20)22-23-19(27)21-15-7-5-6-8-18(15)25-4/h5-11H,12H2,1-4H3,(H2,21,23,27)/b22-16+. The number of thiocarbonyl (C=S) groups is 1. The zero-order chi connectivity index (χ0) is 19.4. The van der Waals surface area contributed by atoms with Crippen LogP contribution in [0.25, 0.3) is 0 Å². The molecule has 0 radical (unpaired) electrons. The Morgan fingerprint density at radius 3 is 2.67 bits per heavy atom. The molecule has 1 aliphatic heterocycles. The van der Waals surface area contributed by atoms with E-state index in [0.717, 1.165) is 28.5 Å². The first kappa shape index (κ1) is 19.0. The Morgan fingerprint density at radius 2 is 1.93 bits per heavy atom. The van der Waals surface area contributed by atoms with E-state index in [1.54, 1.807) is 14.2 Å². The molecule has 0 fully saturated rings. The lowest BCUT2D eigenvalue weighted by Gasteiger charge is -2.33. The lowest BCUT2D eigenvalue weighted by Crippen LogP contribution is -2.37. The molecule has 1 aliphatic rings. The monoisotopic (exact) mass is 385 g/mol. The first-order valence-corrected chi connectivity index (χ1v) is 8.97. The summed E-state index contributed by atoms with van der Waals surface area (Å²) in [4.78, 5) is 0. The molecule has 2 aromatic carbocycles. The van der Waals surface area contributed by atoms with Crippen molar-refractivity contribution in [2.75, 3.05) is 19.5 Å². The molecule has 3 rings (SSSR count). The average Bonchev–Trinajstić information content (AvgIpc) is 2.65. The molecule has 142 valence electrons. The van der Waals surface area contributed by atoms with E-state index in [0.29, 0.717) is 17.3 Å². The topological polar surface area (TPSA) is 64.1 Å². The van der Waals surface area contributed by atoms with Crippen molar-refractivity contribution in [3.8, 4) is 17.2 Å². The van der Waals surface area contributed by atoms with Gasteiger partial charge in [0.25, 0.3) is 0 Å². The Labute approximate surface area is 164 Å². The summed E-state index contributed by atoms with van der Waals surface area (Å²) in [5.41, 5.74) is 5.08. The first-order valence-electron chi connectivity index (χ1n) is 8.56. The van der Waals surface area contributed by atoms with Crippen molar-refractivity contribution >= 4 is 28.7 Å². The largest absolute Gasteiger partial charge is 0.497 e. The fraction of sp³-hybridized carbons (Fsp3) is 0.300. The highest BCUT2D eigenvalue weighted by molar-refractivity contribution is 7.80. The van der Waals surface area contributed by atoms with Crippen LogP contribution in [0.3, 0.4) is 0 Å². The molecule has 7 heteroatoms. The second-order valence-corrected chi connectivity index (χ2v) is 7.13. The van der Waals surface area contributed by atoms with E-state index < -0.39 is 0 Å². The van der Waals surface area contributed by atoms with Gasteiger partial charge in [-0.15, -0.1) is 0 Å². The molecule has 27 heavy (non-hydrogen) atoms. The highest BCUT2D eigenvalue weighted by atomic mass is 32.1. The number of hydrogen-bond acceptors (Lipinski definition) is 5. The second kappa shape index (κ2) is 7.84. The van der Waals surface area contributed by atoms with E-state index in [2.05, 4.69) is 15.8 Å². The van der Waals surface area contributed by atoms with Gasteiger partial charge in [-0.1, -0.05) is 12.1 Å². The van der Waals surface area contributed by atoms with Crippen LogP contribution >= 0.6 is 12.2 Å². The maximum Gasteiger partial charge on any atom is 0.191 e. The molecule has 0 bridgehead atoms. The number of benzene rings is 2. The molecule has 2 aromatic rings. The van der Waals surface area contributed by atoms with Gasteiger partial charge < -0.3 is 19.5 Å². The maximum atomic E-state index is 6.05. The highest BCUT2D eigenvalue weighted by Crippen LogP contribution is 2.35. The second-order valence-electron chi connectivity index (χ2n) is 6.73. The Morgan fingerprint density at radius 1 is 1.15 bits per heavy atom. The minimum atomic E-state index is -0.361. The van der Waals surface area contributed by atoms with Gasteiger partial charge in [0.05, 0.1) is 25.6 Å². The van der Waals surface area contributed by atoms with Gasteiger partial charge in [-0.2, -0.15) is 5.10 Å². The van der Waals surface area contributed by atoms with E-state index in [1.165, 1.54) is 0 Å². The zero-order valence-corrected chi connectivity index (χ0v) is 16.6. The van der Waals surface area contributed by atoms with E-state index in [4.69, 9.17) is 26.4 Å². The normalized spacial score (nSPS) is 16.1. The van der Waals surface area contributed by atoms with Gasteiger partial charge in [0, 0.05) is 12.0 Å². The molecule has 0 atom stereocenters. The maximum absolute atomic E-state index is 6.05. The number of ether oxygens (including phenoxy) is 3. The van der Waals surface area contributed by atoms with Gasteiger partial charge in [-0.25, -0.2) is 0 Å². The van der Waals surface area contributed by atoms with Crippen LogP contribution in [0.5, 0.6) is 17.2 Å². The van der Waals surface area contributed by atoms with Crippen LogP contribution in [-0.2, 0) is 0 Å². The average molecular weight is 385 g/mol. The Hall–Kier alpha value is -2.80. The number of rotatable bonds is 4. The smallest absolute Gasteiger partial charge is 0.191 e. The number of fused-ring (bicyclic) bond motifs is 1. The van der Waals surface area contributed by atoms with E-state index >= 15 is 0 Å². The molecule has 2 N–H and O–H groups in total. The van der Waals surface area contributed by atoms with Gasteiger partial charge in [0.15, 0.2) is 5.11 Å². The molecule has 6 nitrogen and oxygen atoms in total. The Balaban J connectivity index is 1.81. The number of para-hydroxylation sites is 2. The molecule has 0 unspecified atom stereocenters. The predicted molar refractivity (Wildman–Crippen MR) is 111 cm³/mol. The minimum absolute atomic E-state index is 0.361. The summed E-state index contributed by atoms with van der Waals surface area (Å²) in [7, 11) is 3.25. The first-order chi connectivity index (χ1) is 12.9. The van der Waals surface area contributed by atoms with Crippen molar-refractivity contribution in [2.24, 2.45) is 5.10 Å². The quantitative estimate of drug-likeness (QED) is 0.614. The lowest BCUT2D eigenvalue weighted by molar-refractivity contribution is 0.111. The van der Waals surface area contributed by atoms with Crippen molar-refractivity contribution in [2.45, 2.75) is 25.9 Å². The molecule has 0 amide bonds. The van der Waals surface area contributed by atoms with Crippen LogP contribution in [0.2, 0.25) is 0 Å². The molecule has 0 saturated heterocycles. The third-order valence-corrected chi connectivity index (χ3v) is 4.32. The Bertz CT molecular complexity index is 881. The summed E-state index contributed by atoms with van der Waals surface area (Å²) < 4.78 is 16.7. The molecular weight excluding hydrogens is 362 g/mol. The summed E-state index contributed by atoms with van der Waals surface area (Å²) in [5.74, 6) is 2.23. The van der Waals surface area contributed by atoms with E-state index in [1.807, 2.05) is 56.3 Å². The van der Waals surface area contributed by atoms with Crippen LogP contribution in [0.4, 0.5) is 5.69 Å². The lowest BCUT2D eigenvalue weighted by atomic mass is 9.92. The fourth-order valence-electron chi connectivity index (χ4n) is 2.90. The summed E-state index contributed by atoms with van der Waals surface area (Å²) in [5, 5.41) is 8.01. The highest BCUT2D eigenvalue weighted by Gasteiger charge is 2.31. The zero-order valence-electron chi connectivity index (χ0n) is 15.8. The SMILES string of the molecule is COc1ccc2c(c1)/C(=N/NC(=S)Nc1ccccc1OC)CC(C)(C)O2. The molecule has 0 saturated carbocycles. The molecule has 0 aromatic heterocycles.